The molecule has 2 unspecified atom stereocenters. The highest BCUT2D eigenvalue weighted by molar-refractivity contribution is 5.69. The van der Waals surface area contributed by atoms with Crippen LogP contribution in [0, 0.1) is 0 Å². The minimum atomic E-state index is -1.18. The van der Waals surface area contributed by atoms with Gasteiger partial charge in [0.15, 0.2) is 0 Å². The van der Waals surface area contributed by atoms with Gasteiger partial charge in [-0.1, -0.05) is 12.1 Å². The number of methoxy groups -OCH3 is 1. The SMILES string of the molecule is COC(=O)CC(O)C(O)c1cccc(N2CCOCC2)c1. The zero-order valence-electron chi connectivity index (χ0n) is 12.1. The van der Waals surface area contributed by atoms with Crippen LogP contribution < -0.4 is 4.90 Å². The van der Waals surface area contributed by atoms with Crippen LogP contribution in [-0.2, 0) is 14.3 Å². The van der Waals surface area contributed by atoms with Gasteiger partial charge in [0.25, 0.3) is 0 Å². The predicted octanol–water partition coefficient (Wildman–Crippen LogP) is 0.481. The van der Waals surface area contributed by atoms with Crippen molar-refractivity contribution in [1.29, 1.82) is 0 Å². The van der Waals surface area contributed by atoms with E-state index in [-0.39, 0.29) is 6.42 Å². The fourth-order valence-corrected chi connectivity index (χ4v) is 2.31. The van der Waals surface area contributed by atoms with Crippen LogP contribution >= 0.6 is 0 Å². The van der Waals surface area contributed by atoms with E-state index < -0.39 is 18.2 Å². The summed E-state index contributed by atoms with van der Waals surface area (Å²) in [6.45, 7) is 2.95. The molecule has 1 aliphatic heterocycles. The summed E-state index contributed by atoms with van der Waals surface area (Å²) in [6, 6.07) is 7.34. The molecule has 1 aromatic carbocycles. The Morgan fingerprint density at radius 2 is 2.10 bits per heavy atom. The molecule has 1 fully saturated rings. The van der Waals surface area contributed by atoms with E-state index >= 15 is 0 Å². The lowest BCUT2D eigenvalue weighted by molar-refractivity contribution is -0.144. The van der Waals surface area contributed by atoms with Crippen molar-refractivity contribution >= 4 is 11.7 Å². The highest BCUT2D eigenvalue weighted by atomic mass is 16.5. The largest absolute Gasteiger partial charge is 0.469 e. The number of nitrogens with zero attached hydrogens (tertiary/aromatic N) is 1. The van der Waals surface area contributed by atoms with Gasteiger partial charge in [0.1, 0.15) is 6.10 Å². The normalized spacial score (nSPS) is 18.1. The van der Waals surface area contributed by atoms with Crippen molar-refractivity contribution in [3.63, 3.8) is 0 Å². The van der Waals surface area contributed by atoms with Crippen LogP contribution in [0.15, 0.2) is 24.3 Å². The topological polar surface area (TPSA) is 79.2 Å². The van der Waals surface area contributed by atoms with Gasteiger partial charge >= 0.3 is 5.97 Å². The van der Waals surface area contributed by atoms with Crippen LogP contribution in [0.5, 0.6) is 0 Å². The zero-order chi connectivity index (χ0) is 15.2. The van der Waals surface area contributed by atoms with Crippen molar-refractivity contribution in [3.8, 4) is 0 Å². The Morgan fingerprint density at radius 3 is 2.76 bits per heavy atom. The lowest BCUT2D eigenvalue weighted by atomic mass is 10.0. The van der Waals surface area contributed by atoms with E-state index in [1.165, 1.54) is 7.11 Å². The number of hydrogen-bond donors (Lipinski definition) is 2. The molecule has 0 bridgehead atoms. The Bertz CT molecular complexity index is 473. The van der Waals surface area contributed by atoms with Crippen LogP contribution in [0.2, 0.25) is 0 Å². The zero-order valence-corrected chi connectivity index (χ0v) is 12.1. The molecule has 1 saturated heterocycles. The minimum Gasteiger partial charge on any atom is -0.469 e. The molecule has 116 valence electrons. The number of morpholine rings is 1. The van der Waals surface area contributed by atoms with E-state index in [2.05, 4.69) is 9.64 Å². The first kappa shape index (κ1) is 15.8. The van der Waals surface area contributed by atoms with Crippen molar-refractivity contribution < 1.29 is 24.5 Å². The fraction of sp³-hybridized carbons (Fsp3) is 0.533. The molecule has 6 nitrogen and oxygen atoms in total. The number of aliphatic hydroxyl groups is 2. The first-order valence-corrected chi connectivity index (χ1v) is 6.97. The average Bonchev–Trinajstić information content (AvgIpc) is 2.54. The molecule has 0 spiro atoms. The smallest absolute Gasteiger partial charge is 0.308 e. The number of aliphatic hydroxyl groups excluding tert-OH is 2. The maximum Gasteiger partial charge on any atom is 0.308 e. The molecular formula is C15H21NO5. The van der Waals surface area contributed by atoms with Crippen LogP contribution in [0.1, 0.15) is 18.1 Å². The van der Waals surface area contributed by atoms with E-state index in [1.807, 2.05) is 18.2 Å². The van der Waals surface area contributed by atoms with Crippen LogP contribution in [0.3, 0.4) is 0 Å². The van der Waals surface area contributed by atoms with Crippen LogP contribution in [0.25, 0.3) is 0 Å². The van der Waals surface area contributed by atoms with Crippen LogP contribution in [0.4, 0.5) is 5.69 Å². The first-order chi connectivity index (χ1) is 10.1. The third-order valence-corrected chi connectivity index (χ3v) is 3.56. The second-order valence-electron chi connectivity index (χ2n) is 4.99. The number of esters is 1. The van der Waals surface area contributed by atoms with E-state index in [0.29, 0.717) is 18.8 Å². The van der Waals surface area contributed by atoms with Crippen molar-refractivity contribution in [2.45, 2.75) is 18.6 Å². The summed E-state index contributed by atoms with van der Waals surface area (Å²) in [4.78, 5) is 13.3. The summed E-state index contributed by atoms with van der Waals surface area (Å²) < 4.78 is 9.80. The second kappa shape index (κ2) is 7.40. The number of carbonyl (C=O) groups excluding carboxylic acids is 1. The number of ether oxygens (including phenoxy) is 2. The van der Waals surface area contributed by atoms with Crippen molar-refractivity contribution in [3.05, 3.63) is 29.8 Å². The number of hydrogen-bond acceptors (Lipinski definition) is 6. The third-order valence-electron chi connectivity index (χ3n) is 3.56. The van der Waals surface area contributed by atoms with Gasteiger partial charge in [0.2, 0.25) is 0 Å². The molecule has 1 heterocycles. The van der Waals surface area contributed by atoms with Gasteiger partial charge in [-0.25, -0.2) is 0 Å². The Morgan fingerprint density at radius 1 is 1.38 bits per heavy atom. The molecule has 0 aromatic heterocycles. The van der Waals surface area contributed by atoms with Gasteiger partial charge in [-0.3, -0.25) is 4.79 Å². The van der Waals surface area contributed by atoms with Gasteiger partial charge in [-0.05, 0) is 17.7 Å². The van der Waals surface area contributed by atoms with Crippen molar-refractivity contribution in [2.75, 3.05) is 38.3 Å². The Labute approximate surface area is 123 Å². The molecule has 0 aliphatic carbocycles. The lowest BCUT2D eigenvalue weighted by Crippen LogP contribution is -2.36. The standard InChI is InChI=1S/C15H21NO5/c1-20-14(18)10-13(17)15(19)11-3-2-4-12(9-11)16-5-7-21-8-6-16/h2-4,9,13,15,17,19H,5-8,10H2,1H3. The second-order valence-corrected chi connectivity index (χ2v) is 4.99. The summed E-state index contributed by atoms with van der Waals surface area (Å²) in [5, 5.41) is 20.0. The number of anilines is 1. The van der Waals surface area contributed by atoms with Gasteiger partial charge in [0.05, 0.1) is 32.8 Å². The Hall–Kier alpha value is -1.63. The van der Waals surface area contributed by atoms with E-state index in [1.54, 1.807) is 6.07 Å². The molecule has 2 N–H and O–H groups in total. The molecule has 0 amide bonds. The Kier molecular flexibility index (Phi) is 5.55. The van der Waals surface area contributed by atoms with Gasteiger partial charge in [-0.15, -0.1) is 0 Å². The molecule has 2 atom stereocenters. The Balaban J connectivity index is 2.06. The molecule has 0 radical (unpaired) electrons. The molecular weight excluding hydrogens is 274 g/mol. The third kappa shape index (κ3) is 4.17. The summed E-state index contributed by atoms with van der Waals surface area (Å²) in [6.07, 6.45) is -2.54. The monoisotopic (exact) mass is 295 g/mol. The molecule has 0 saturated carbocycles. The van der Waals surface area contributed by atoms with Gasteiger partial charge in [-0.2, -0.15) is 0 Å². The van der Waals surface area contributed by atoms with Gasteiger partial charge < -0.3 is 24.6 Å². The average molecular weight is 295 g/mol. The molecule has 6 heteroatoms. The quantitative estimate of drug-likeness (QED) is 0.769. The van der Waals surface area contributed by atoms with Gasteiger partial charge in [0, 0.05) is 18.8 Å². The predicted molar refractivity (Wildman–Crippen MR) is 77.1 cm³/mol. The highest BCUT2D eigenvalue weighted by Gasteiger charge is 2.22. The van der Waals surface area contributed by atoms with E-state index in [9.17, 15) is 15.0 Å². The maximum absolute atomic E-state index is 11.2. The van der Waals surface area contributed by atoms with Crippen molar-refractivity contribution in [1.82, 2.24) is 0 Å². The summed E-state index contributed by atoms with van der Waals surface area (Å²) in [5.41, 5.74) is 1.55. The number of benzene rings is 1. The fourth-order valence-electron chi connectivity index (χ4n) is 2.31. The first-order valence-electron chi connectivity index (χ1n) is 6.97. The molecule has 2 rings (SSSR count). The van der Waals surface area contributed by atoms with E-state index in [4.69, 9.17) is 4.74 Å². The summed E-state index contributed by atoms with van der Waals surface area (Å²) >= 11 is 0. The highest BCUT2D eigenvalue weighted by Crippen LogP contribution is 2.24. The summed E-state index contributed by atoms with van der Waals surface area (Å²) in [5.74, 6) is -0.550. The van der Waals surface area contributed by atoms with E-state index in [0.717, 1.165) is 18.8 Å². The van der Waals surface area contributed by atoms with Crippen LogP contribution in [-0.4, -0.2) is 55.7 Å². The maximum atomic E-state index is 11.2. The lowest BCUT2D eigenvalue weighted by Gasteiger charge is -2.29. The summed E-state index contributed by atoms with van der Waals surface area (Å²) in [7, 11) is 1.25. The minimum absolute atomic E-state index is 0.237. The molecule has 1 aromatic rings. The van der Waals surface area contributed by atoms with Crippen molar-refractivity contribution in [2.24, 2.45) is 0 Å². The number of carbonyl (C=O) groups is 1. The molecule has 21 heavy (non-hydrogen) atoms. The number of rotatable bonds is 5. The molecule has 1 aliphatic rings.